The van der Waals surface area contributed by atoms with Crippen LogP contribution in [0.25, 0.3) is 0 Å². The molecule has 1 unspecified atom stereocenters. The summed E-state index contributed by atoms with van der Waals surface area (Å²) in [5.41, 5.74) is 0.167. The zero-order valence-electron chi connectivity index (χ0n) is 17.2. The first-order chi connectivity index (χ1) is 14.9. The van der Waals surface area contributed by atoms with Crippen molar-refractivity contribution >= 4 is 17.7 Å². The third-order valence-corrected chi connectivity index (χ3v) is 5.71. The van der Waals surface area contributed by atoms with E-state index in [0.29, 0.717) is 18.7 Å². The topological polar surface area (TPSA) is 108 Å². The summed E-state index contributed by atoms with van der Waals surface area (Å²) in [4.78, 5) is 41.5. The Morgan fingerprint density at radius 1 is 1.19 bits per heavy atom. The van der Waals surface area contributed by atoms with Gasteiger partial charge in [0.1, 0.15) is 11.9 Å². The first kappa shape index (κ1) is 20.8. The number of aromatic hydroxyl groups is 1. The minimum atomic E-state index is -0.805. The number of benzene rings is 1. The molecule has 3 amide bonds. The van der Waals surface area contributed by atoms with Gasteiger partial charge < -0.3 is 20.2 Å². The van der Waals surface area contributed by atoms with Gasteiger partial charge in [-0.2, -0.15) is 5.10 Å². The summed E-state index contributed by atoms with van der Waals surface area (Å²) in [6, 6.07) is 4.80. The lowest BCUT2D eigenvalue weighted by atomic mass is 10.1. The molecular formula is C21H24FN5O4. The molecule has 4 rings (SSSR count). The highest BCUT2D eigenvalue weighted by atomic mass is 19.1. The number of hydrogen-bond donors (Lipinski definition) is 2. The predicted octanol–water partition coefficient (Wildman–Crippen LogP) is 1.30. The minimum absolute atomic E-state index is 0.0880. The van der Waals surface area contributed by atoms with Gasteiger partial charge in [-0.25, -0.2) is 9.07 Å². The second-order valence-electron chi connectivity index (χ2n) is 7.89. The van der Waals surface area contributed by atoms with Gasteiger partial charge in [-0.3, -0.25) is 14.4 Å². The Labute approximate surface area is 178 Å². The van der Waals surface area contributed by atoms with Crippen LogP contribution in [0.15, 0.2) is 24.3 Å². The number of rotatable bonds is 4. The maximum atomic E-state index is 13.1. The molecule has 0 aliphatic carbocycles. The van der Waals surface area contributed by atoms with Gasteiger partial charge in [-0.1, -0.05) is 12.1 Å². The number of aromatic nitrogens is 2. The van der Waals surface area contributed by atoms with Crippen LogP contribution in [-0.2, 0) is 11.3 Å². The smallest absolute Gasteiger partial charge is 0.275 e. The van der Waals surface area contributed by atoms with E-state index in [0.717, 1.165) is 19.3 Å². The van der Waals surface area contributed by atoms with Crippen molar-refractivity contribution in [1.29, 1.82) is 0 Å². The number of likely N-dealkylation sites (tertiary alicyclic amines) is 1. The van der Waals surface area contributed by atoms with Crippen LogP contribution in [0.5, 0.6) is 5.75 Å². The number of carbonyl (C=O) groups excluding carboxylic acids is 3. The average molecular weight is 429 g/mol. The first-order valence-electron chi connectivity index (χ1n) is 10.2. The summed E-state index contributed by atoms with van der Waals surface area (Å²) in [7, 11) is 1.54. The largest absolute Gasteiger partial charge is 0.504 e. The molecule has 31 heavy (non-hydrogen) atoms. The molecule has 1 aromatic heterocycles. The van der Waals surface area contributed by atoms with Gasteiger partial charge in [0.25, 0.3) is 11.8 Å². The summed E-state index contributed by atoms with van der Waals surface area (Å²) in [5, 5.41) is 17.4. The number of amides is 3. The molecule has 3 heterocycles. The van der Waals surface area contributed by atoms with Crippen LogP contribution in [0.2, 0.25) is 0 Å². The quantitative estimate of drug-likeness (QED) is 0.762. The van der Waals surface area contributed by atoms with Crippen LogP contribution in [0, 0.1) is 5.82 Å². The molecule has 9 nitrogen and oxygen atoms in total. The molecule has 0 bridgehead atoms. The van der Waals surface area contributed by atoms with Crippen molar-refractivity contribution in [1.82, 2.24) is 24.9 Å². The van der Waals surface area contributed by atoms with E-state index in [2.05, 4.69) is 10.4 Å². The van der Waals surface area contributed by atoms with Gasteiger partial charge in [0.05, 0.1) is 6.54 Å². The summed E-state index contributed by atoms with van der Waals surface area (Å²) in [6.45, 7) is 1.48. The minimum Gasteiger partial charge on any atom is -0.504 e. The Hall–Kier alpha value is -3.43. The fraction of sp³-hybridized carbons (Fsp3) is 0.429. The van der Waals surface area contributed by atoms with Crippen molar-refractivity contribution in [2.24, 2.45) is 0 Å². The number of fused-ring (bicyclic) bond motifs is 1. The van der Waals surface area contributed by atoms with Crippen LogP contribution in [0.4, 0.5) is 4.39 Å². The summed E-state index contributed by atoms with van der Waals surface area (Å²) in [6.07, 6.45) is 2.90. The van der Waals surface area contributed by atoms with E-state index < -0.39 is 23.6 Å². The number of piperidine rings is 1. The van der Waals surface area contributed by atoms with Crippen molar-refractivity contribution in [3.8, 4) is 5.75 Å². The molecule has 1 saturated heterocycles. The SMILES string of the molecule is CN1CC(C(=O)N2CCCCC2)n2nc(C(=O)NCc3ccc(F)cc3)c(O)c2C1=O. The number of halogens is 1. The molecule has 10 heteroatoms. The van der Waals surface area contributed by atoms with Gasteiger partial charge in [0.2, 0.25) is 5.91 Å². The van der Waals surface area contributed by atoms with Crippen molar-refractivity contribution in [2.75, 3.05) is 26.7 Å². The van der Waals surface area contributed by atoms with E-state index in [4.69, 9.17) is 0 Å². The standard InChI is InChI=1S/C21H24FN5O4/c1-25-12-15(20(30)26-9-3-2-4-10-26)27-17(21(25)31)18(28)16(24-27)19(29)23-11-13-5-7-14(22)8-6-13/h5-8,15,28H,2-4,9-12H2,1H3,(H,23,29). The predicted molar refractivity (Wildman–Crippen MR) is 108 cm³/mol. The van der Waals surface area contributed by atoms with Crippen LogP contribution >= 0.6 is 0 Å². The Balaban J connectivity index is 1.59. The highest BCUT2D eigenvalue weighted by molar-refractivity contribution is 6.03. The maximum Gasteiger partial charge on any atom is 0.275 e. The Morgan fingerprint density at radius 3 is 2.55 bits per heavy atom. The second-order valence-corrected chi connectivity index (χ2v) is 7.89. The van der Waals surface area contributed by atoms with E-state index in [9.17, 15) is 23.9 Å². The van der Waals surface area contributed by atoms with Crippen LogP contribution in [0.1, 0.15) is 51.8 Å². The highest BCUT2D eigenvalue weighted by Crippen LogP contribution is 2.31. The number of carbonyl (C=O) groups is 3. The van der Waals surface area contributed by atoms with Crippen molar-refractivity contribution in [3.63, 3.8) is 0 Å². The monoisotopic (exact) mass is 429 g/mol. The Kier molecular flexibility index (Phi) is 5.62. The highest BCUT2D eigenvalue weighted by Gasteiger charge is 2.41. The number of nitrogens with one attached hydrogen (secondary N) is 1. The van der Waals surface area contributed by atoms with Gasteiger partial charge in [-0.15, -0.1) is 0 Å². The van der Waals surface area contributed by atoms with E-state index in [-0.39, 0.29) is 36.2 Å². The molecule has 2 aliphatic heterocycles. The summed E-state index contributed by atoms with van der Waals surface area (Å²) < 4.78 is 14.2. The van der Waals surface area contributed by atoms with Crippen molar-refractivity contribution in [2.45, 2.75) is 31.8 Å². The number of nitrogens with zero attached hydrogens (tertiary/aromatic N) is 4. The van der Waals surface area contributed by atoms with E-state index in [1.165, 1.54) is 33.8 Å². The molecular weight excluding hydrogens is 405 g/mol. The molecule has 0 radical (unpaired) electrons. The third-order valence-electron chi connectivity index (χ3n) is 5.71. The normalized spacial score (nSPS) is 18.6. The molecule has 2 aliphatic rings. The molecule has 0 saturated carbocycles. The van der Waals surface area contributed by atoms with Gasteiger partial charge in [0, 0.05) is 26.7 Å². The van der Waals surface area contributed by atoms with Gasteiger partial charge in [-0.05, 0) is 37.0 Å². The van der Waals surface area contributed by atoms with Crippen LogP contribution in [0.3, 0.4) is 0 Å². The molecule has 0 spiro atoms. The molecule has 1 fully saturated rings. The Bertz CT molecular complexity index is 1010. The zero-order valence-corrected chi connectivity index (χ0v) is 17.2. The Morgan fingerprint density at radius 2 is 1.87 bits per heavy atom. The molecule has 2 N–H and O–H groups in total. The second kappa shape index (κ2) is 8.37. The number of hydrogen-bond acceptors (Lipinski definition) is 5. The lowest BCUT2D eigenvalue weighted by Crippen LogP contribution is -2.49. The molecule has 2 aromatic rings. The maximum absolute atomic E-state index is 13.1. The lowest BCUT2D eigenvalue weighted by molar-refractivity contribution is -0.136. The summed E-state index contributed by atoms with van der Waals surface area (Å²) in [5.74, 6) is -2.32. The molecule has 1 aromatic carbocycles. The fourth-order valence-corrected chi connectivity index (χ4v) is 3.98. The molecule has 1 atom stereocenters. The van der Waals surface area contributed by atoms with Crippen molar-refractivity contribution in [3.05, 3.63) is 47.0 Å². The van der Waals surface area contributed by atoms with Crippen LogP contribution in [-0.4, -0.2) is 69.1 Å². The van der Waals surface area contributed by atoms with Gasteiger partial charge >= 0.3 is 0 Å². The summed E-state index contributed by atoms with van der Waals surface area (Å²) >= 11 is 0. The lowest BCUT2D eigenvalue weighted by Gasteiger charge is -2.35. The van der Waals surface area contributed by atoms with Gasteiger partial charge in [0.15, 0.2) is 17.1 Å². The third kappa shape index (κ3) is 3.97. The van der Waals surface area contributed by atoms with Crippen LogP contribution < -0.4 is 5.32 Å². The zero-order chi connectivity index (χ0) is 22.1. The van der Waals surface area contributed by atoms with Crippen molar-refractivity contribution < 1.29 is 23.9 Å². The van der Waals surface area contributed by atoms with E-state index in [1.807, 2.05) is 0 Å². The van der Waals surface area contributed by atoms with E-state index in [1.54, 1.807) is 11.9 Å². The first-order valence-corrected chi connectivity index (χ1v) is 10.2. The van der Waals surface area contributed by atoms with E-state index >= 15 is 0 Å². The number of likely N-dealkylation sites (N-methyl/N-ethyl adjacent to an activating group) is 1. The average Bonchev–Trinajstić information content (AvgIpc) is 3.13. The fourth-order valence-electron chi connectivity index (χ4n) is 3.98. The molecule has 164 valence electrons.